The Bertz CT molecular complexity index is 1020. The minimum atomic E-state index is -1.03. The Morgan fingerprint density at radius 1 is 1.09 bits per heavy atom. The molecule has 1 aliphatic heterocycles. The molecule has 0 saturated carbocycles. The van der Waals surface area contributed by atoms with Crippen molar-refractivity contribution >= 4 is 17.8 Å². The molecule has 34 heavy (non-hydrogen) atoms. The maximum Gasteiger partial charge on any atom is 0.329 e. The van der Waals surface area contributed by atoms with E-state index in [4.69, 9.17) is 4.74 Å². The van der Waals surface area contributed by atoms with E-state index in [1.807, 2.05) is 51.1 Å². The Hall–Kier alpha value is -3.26. The number of ether oxygens (including phenoxy) is 1. The number of carbonyl (C=O) groups excluding carboxylic acids is 3. The molecular formula is C26H31FN2O5. The number of halogens is 1. The van der Waals surface area contributed by atoms with Crippen molar-refractivity contribution < 1.29 is 28.6 Å². The van der Waals surface area contributed by atoms with Crippen LogP contribution in [0.3, 0.4) is 0 Å². The lowest BCUT2D eigenvalue weighted by atomic mass is 10.0. The highest BCUT2D eigenvalue weighted by Crippen LogP contribution is 2.22. The molecule has 1 heterocycles. The van der Waals surface area contributed by atoms with Gasteiger partial charge in [0.15, 0.2) is 6.61 Å². The van der Waals surface area contributed by atoms with E-state index in [1.165, 1.54) is 23.1 Å². The van der Waals surface area contributed by atoms with Gasteiger partial charge in [-0.1, -0.05) is 48.5 Å². The van der Waals surface area contributed by atoms with Gasteiger partial charge in [0, 0.05) is 25.0 Å². The summed E-state index contributed by atoms with van der Waals surface area (Å²) in [6.07, 6.45) is -1.14. The number of hydrogen-bond acceptors (Lipinski definition) is 5. The molecule has 1 N–H and O–H groups in total. The summed E-state index contributed by atoms with van der Waals surface area (Å²) in [5, 5.41) is 10.1. The van der Waals surface area contributed by atoms with Crippen LogP contribution >= 0.6 is 0 Å². The summed E-state index contributed by atoms with van der Waals surface area (Å²) in [4.78, 5) is 41.3. The van der Waals surface area contributed by atoms with Crippen molar-refractivity contribution in [2.24, 2.45) is 0 Å². The summed E-state index contributed by atoms with van der Waals surface area (Å²) in [6.45, 7) is 5.51. The van der Waals surface area contributed by atoms with Crippen molar-refractivity contribution in [1.82, 2.24) is 9.80 Å². The van der Waals surface area contributed by atoms with E-state index in [0.29, 0.717) is 6.54 Å². The summed E-state index contributed by atoms with van der Waals surface area (Å²) in [6, 6.07) is 14.4. The first-order chi connectivity index (χ1) is 16.1. The summed E-state index contributed by atoms with van der Waals surface area (Å²) in [5.74, 6) is -2.14. The quantitative estimate of drug-likeness (QED) is 0.629. The number of benzene rings is 2. The zero-order valence-electron chi connectivity index (χ0n) is 19.7. The molecule has 7 nitrogen and oxygen atoms in total. The first-order valence-corrected chi connectivity index (χ1v) is 11.3. The van der Waals surface area contributed by atoms with Gasteiger partial charge in [0.1, 0.15) is 11.9 Å². The van der Waals surface area contributed by atoms with Gasteiger partial charge in [-0.05, 0) is 38.0 Å². The number of rotatable bonds is 7. The largest absolute Gasteiger partial charge is 0.454 e. The Morgan fingerprint density at radius 2 is 1.74 bits per heavy atom. The average Bonchev–Trinajstić information content (AvgIpc) is 3.19. The van der Waals surface area contributed by atoms with Gasteiger partial charge in [0.2, 0.25) is 5.91 Å². The number of hydrogen-bond donors (Lipinski definition) is 1. The Morgan fingerprint density at radius 3 is 2.38 bits per heavy atom. The number of esters is 1. The molecule has 0 bridgehead atoms. The number of carbonyl (C=O) groups is 3. The minimum Gasteiger partial charge on any atom is -0.454 e. The first kappa shape index (κ1) is 25.4. The topological polar surface area (TPSA) is 87.2 Å². The van der Waals surface area contributed by atoms with Gasteiger partial charge in [-0.25, -0.2) is 9.18 Å². The summed E-state index contributed by atoms with van der Waals surface area (Å²) in [7, 11) is 0. The van der Waals surface area contributed by atoms with Crippen molar-refractivity contribution in [3.05, 3.63) is 71.5 Å². The Kier molecular flexibility index (Phi) is 8.04. The molecular weight excluding hydrogens is 439 g/mol. The smallest absolute Gasteiger partial charge is 0.329 e. The van der Waals surface area contributed by atoms with Gasteiger partial charge in [0.05, 0.1) is 12.5 Å². The van der Waals surface area contributed by atoms with Crippen LogP contribution in [0.5, 0.6) is 0 Å². The van der Waals surface area contributed by atoms with E-state index >= 15 is 0 Å². The number of aliphatic hydroxyl groups excluding tert-OH is 1. The predicted molar refractivity (Wildman–Crippen MR) is 124 cm³/mol. The fourth-order valence-electron chi connectivity index (χ4n) is 3.99. The molecule has 1 saturated heterocycles. The van der Waals surface area contributed by atoms with Crippen LogP contribution < -0.4 is 0 Å². The minimum absolute atomic E-state index is 0.00301. The molecule has 2 atom stereocenters. The first-order valence-electron chi connectivity index (χ1n) is 11.3. The van der Waals surface area contributed by atoms with Crippen molar-refractivity contribution in [2.45, 2.75) is 57.8 Å². The van der Waals surface area contributed by atoms with Crippen LogP contribution in [0.15, 0.2) is 54.6 Å². The second-order valence-electron chi connectivity index (χ2n) is 9.46. The Balaban J connectivity index is 1.64. The SMILES string of the molecule is CC(C)(C)N(Cc1ccccc1)C(=O)COC(=O)[C@@H]1C[C@H](O)CN1C(=O)Cc1ccccc1F. The maximum absolute atomic E-state index is 14.0. The van der Waals surface area contributed by atoms with Gasteiger partial charge in [-0.15, -0.1) is 0 Å². The zero-order chi connectivity index (χ0) is 24.9. The van der Waals surface area contributed by atoms with Gasteiger partial charge in [0.25, 0.3) is 5.91 Å². The molecule has 8 heteroatoms. The summed E-state index contributed by atoms with van der Waals surface area (Å²) >= 11 is 0. The molecule has 182 valence electrons. The van der Waals surface area contributed by atoms with Gasteiger partial charge < -0.3 is 19.6 Å². The van der Waals surface area contributed by atoms with Crippen LogP contribution in [0.25, 0.3) is 0 Å². The maximum atomic E-state index is 14.0. The standard InChI is InChI=1S/C26H31FN2O5/c1-26(2,3)29(15-18-9-5-4-6-10-18)24(32)17-34-25(33)22-14-20(30)16-28(22)23(31)13-19-11-7-8-12-21(19)27/h4-12,20,22,30H,13-17H2,1-3H3/t20-,22-/m0/s1. The van der Waals surface area contributed by atoms with Gasteiger partial charge in [-0.3, -0.25) is 9.59 Å². The lowest BCUT2D eigenvalue weighted by Crippen LogP contribution is -2.48. The molecule has 2 aromatic carbocycles. The highest BCUT2D eigenvalue weighted by atomic mass is 19.1. The van der Waals surface area contributed by atoms with E-state index in [0.717, 1.165) is 5.56 Å². The average molecular weight is 471 g/mol. The lowest BCUT2D eigenvalue weighted by Gasteiger charge is -2.36. The van der Waals surface area contributed by atoms with Crippen LogP contribution in [-0.4, -0.2) is 63.5 Å². The van der Waals surface area contributed by atoms with E-state index < -0.39 is 42.0 Å². The fraction of sp³-hybridized carbons (Fsp3) is 0.423. The molecule has 0 radical (unpaired) electrons. The number of likely N-dealkylation sites (tertiary alicyclic amines) is 1. The monoisotopic (exact) mass is 470 g/mol. The number of β-amino-alcohol motifs (C(OH)–C–C–N with tert-alkyl or cyclic N) is 1. The van der Waals surface area contributed by atoms with E-state index in [-0.39, 0.29) is 30.9 Å². The van der Waals surface area contributed by atoms with Crippen molar-refractivity contribution in [2.75, 3.05) is 13.2 Å². The normalized spacial score (nSPS) is 18.0. The predicted octanol–water partition coefficient (Wildman–Crippen LogP) is 2.70. The van der Waals surface area contributed by atoms with E-state index in [1.54, 1.807) is 11.0 Å². The third kappa shape index (κ3) is 6.41. The molecule has 2 amide bonds. The fourth-order valence-corrected chi connectivity index (χ4v) is 3.99. The third-order valence-electron chi connectivity index (χ3n) is 5.80. The molecule has 0 unspecified atom stereocenters. The van der Waals surface area contributed by atoms with Crippen molar-refractivity contribution in [1.29, 1.82) is 0 Å². The number of nitrogens with zero attached hydrogens (tertiary/aromatic N) is 2. The highest BCUT2D eigenvalue weighted by Gasteiger charge is 2.40. The van der Waals surface area contributed by atoms with Crippen LogP contribution in [0.1, 0.15) is 38.3 Å². The highest BCUT2D eigenvalue weighted by molar-refractivity contribution is 5.88. The van der Waals surface area contributed by atoms with Crippen LogP contribution in [0, 0.1) is 5.82 Å². The molecule has 2 aromatic rings. The molecule has 1 aliphatic rings. The molecule has 0 aliphatic carbocycles. The summed E-state index contributed by atoms with van der Waals surface area (Å²) < 4.78 is 19.2. The Labute approximate surface area is 199 Å². The van der Waals surface area contributed by atoms with Crippen LogP contribution in [-0.2, 0) is 32.1 Å². The molecule has 0 aromatic heterocycles. The second kappa shape index (κ2) is 10.8. The number of amides is 2. The zero-order valence-corrected chi connectivity index (χ0v) is 19.7. The number of aliphatic hydroxyl groups is 1. The summed E-state index contributed by atoms with van der Waals surface area (Å²) in [5.41, 5.74) is 0.642. The molecule has 1 fully saturated rings. The van der Waals surface area contributed by atoms with Gasteiger partial charge in [-0.2, -0.15) is 0 Å². The van der Waals surface area contributed by atoms with E-state index in [9.17, 15) is 23.9 Å². The third-order valence-corrected chi connectivity index (χ3v) is 5.80. The molecule has 0 spiro atoms. The molecule has 3 rings (SSSR count). The van der Waals surface area contributed by atoms with Crippen LogP contribution in [0.4, 0.5) is 4.39 Å². The van der Waals surface area contributed by atoms with E-state index in [2.05, 4.69) is 0 Å². The van der Waals surface area contributed by atoms with Crippen molar-refractivity contribution in [3.8, 4) is 0 Å². The van der Waals surface area contributed by atoms with Gasteiger partial charge >= 0.3 is 5.97 Å². The second-order valence-corrected chi connectivity index (χ2v) is 9.46. The lowest BCUT2D eigenvalue weighted by molar-refractivity contribution is -0.159. The van der Waals surface area contributed by atoms with Crippen molar-refractivity contribution in [3.63, 3.8) is 0 Å². The van der Waals surface area contributed by atoms with Crippen LogP contribution in [0.2, 0.25) is 0 Å².